The van der Waals surface area contributed by atoms with Crippen LogP contribution in [0.15, 0.2) is 0 Å². The van der Waals surface area contributed by atoms with Gasteiger partial charge in [-0.15, -0.1) is 0 Å². The number of amides is 1. The van der Waals surface area contributed by atoms with Crippen LogP contribution in [0.2, 0.25) is 0 Å². The van der Waals surface area contributed by atoms with E-state index < -0.39 is 23.6 Å². The zero-order chi connectivity index (χ0) is 11.8. The van der Waals surface area contributed by atoms with E-state index in [9.17, 15) is 14.7 Å². The number of carboxylic acids is 1. The van der Waals surface area contributed by atoms with Gasteiger partial charge in [-0.25, -0.2) is 4.79 Å². The third-order valence-corrected chi connectivity index (χ3v) is 2.40. The third-order valence-electron chi connectivity index (χ3n) is 2.40. The number of likely N-dealkylation sites (tertiary alicyclic amines) is 1. The Hall–Kier alpha value is -1.26. The first kappa shape index (κ1) is 11.8. The second-order valence-electron chi connectivity index (χ2n) is 4.80. The van der Waals surface area contributed by atoms with Crippen molar-refractivity contribution in [2.75, 3.05) is 6.54 Å². The van der Waals surface area contributed by atoms with E-state index in [2.05, 4.69) is 0 Å². The summed E-state index contributed by atoms with van der Waals surface area (Å²) in [5.41, 5.74) is -0.552. The van der Waals surface area contributed by atoms with E-state index >= 15 is 0 Å². The molecule has 5 heteroatoms. The van der Waals surface area contributed by atoms with Gasteiger partial charge in [-0.1, -0.05) is 0 Å². The lowest BCUT2D eigenvalue weighted by atomic mass is 9.91. The number of aliphatic carboxylic acids is 1. The van der Waals surface area contributed by atoms with Crippen LogP contribution in [0.5, 0.6) is 0 Å². The lowest BCUT2D eigenvalue weighted by Crippen LogP contribution is -2.63. The number of carbonyl (C=O) groups is 2. The number of ether oxygens (including phenoxy) is 1. The van der Waals surface area contributed by atoms with Crippen LogP contribution in [-0.2, 0) is 9.53 Å². The molecular weight excluding hydrogens is 198 g/mol. The van der Waals surface area contributed by atoms with E-state index in [1.807, 2.05) is 0 Å². The maximum atomic E-state index is 11.5. The zero-order valence-electron chi connectivity index (χ0n) is 9.44. The molecule has 1 amide bonds. The van der Waals surface area contributed by atoms with E-state index in [4.69, 9.17) is 4.74 Å². The molecule has 0 aromatic rings. The van der Waals surface area contributed by atoms with E-state index in [-0.39, 0.29) is 12.6 Å². The lowest BCUT2D eigenvalue weighted by molar-refractivity contribution is -0.317. The third kappa shape index (κ3) is 2.61. The Balaban J connectivity index is 2.49. The van der Waals surface area contributed by atoms with Crippen LogP contribution in [0.3, 0.4) is 0 Å². The fourth-order valence-electron chi connectivity index (χ4n) is 1.44. The molecule has 15 heavy (non-hydrogen) atoms. The van der Waals surface area contributed by atoms with Crippen molar-refractivity contribution in [3.63, 3.8) is 0 Å². The van der Waals surface area contributed by atoms with Crippen LogP contribution >= 0.6 is 0 Å². The van der Waals surface area contributed by atoms with Crippen LogP contribution in [0, 0.1) is 5.92 Å². The van der Waals surface area contributed by atoms with Gasteiger partial charge in [-0.2, -0.15) is 0 Å². The molecule has 5 nitrogen and oxygen atoms in total. The summed E-state index contributed by atoms with van der Waals surface area (Å²) in [4.78, 5) is 23.5. The molecule has 1 aliphatic rings. The van der Waals surface area contributed by atoms with Crippen LogP contribution in [0.1, 0.15) is 27.7 Å². The van der Waals surface area contributed by atoms with Gasteiger partial charge >= 0.3 is 6.09 Å². The first-order valence-electron chi connectivity index (χ1n) is 4.93. The summed E-state index contributed by atoms with van der Waals surface area (Å²) in [7, 11) is 0. The molecule has 2 atom stereocenters. The van der Waals surface area contributed by atoms with Crippen molar-refractivity contribution in [3.05, 3.63) is 0 Å². The highest BCUT2D eigenvalue weighted by Crippen LogP contribution is 2.26. The molecule has 0 N–H and O–H groups in total. The Morgan fingerprint density at radius 3 is 2.27 bits per heavy atom. The van der Waals surface area contributed by atoms with Crippen LogP contribution in [0.4, 0.5) is 4.79 Å². The molecule has 0 aliphatic carbocycles. The second kappa shape index (κ2) is 3.72. The largest absolute Gasteiger partial charge is 0.550 e. The summed E-state index contributed by atoms with van der Waals surface area (Å²) in [5, 5.41) is 10.6. The summed E-state index contributed by atoms with van der Waals surface area (Å²) in [6.45, 7) is 7.16. The van der Waals surface area contributed by atoms with Crippen molar-refractivity contribution in [3.8, 4) is 0 Å². The number of rotatable bonds is 1. The van der Waals surface area contributed by atoms with Crippen molar-refractivity contribution < 1.29 is 19.4 Å². The molecular formula is C10H16NO4-. The van der Waals surface area contributed by atoms with Gasteiger partial charge in [-0.05, 0) is 27.7 Å². The van der Waals surface area contributed by atoms with Gasteiger partial charge in [0.2, 0.25) is 0 Å². The summed E-state index contributed by atoms with van der Waals surface area (Å²) in [5.74, 6) is -1.68. The monoisotopic (exact) mass is 214 g/mol. The molecule has 0 radical (unpaired) electrons. The van der Waals surface area contributed by atoms with E-state index in [0.29, 0.717) is 0 Å². The standard InChI is InChI=1S/C10H17NO4/c1-6-7(8(12)13)5-11(6)9(14)15-10(2,3)4/h6-7H,5H2,1-4H3,(H,12,13)/p-1. The highest BCUT2D eigenvalue weighted by atomic mass is 16.6. The van der Waals surface area contributed by atoms with Gasteiger partial charge in [0.25, 0.3) is 0 Å². The zero-order valence-corrected chi connectivity index (χ0v) is 9.44. The van der Waals surface area contributed by atoms with Crippen molar-refractivity contribution in [1.82, 2.24) is 4.90 Å². The molecule has 1 fully saturated rings. The molecule has 1 rings (SSSR count). The number of carbonyl (C=O) groups excluding carboxylic acids is 2. The predicted octanol–water partition coefficient (Wildman–Crippen LogP) is -0.00830. The molecule has 0 aromatic carbocycles. The Morgan fingerprint density at radius 2 is 1.93 bits per heavy atom. The number of hydrogen-bond acceptors (Lipinski definition) is 4. The first-order chi connectivity index (χ1) is 6.72. The van der Waals surface area contributed by atoms with Gasteiger partial charge in [0.15, 0.2) is 0 Å². The highest BCUT2D eigenvalue weighted by molar-refractivity contribution is 5.76. The first-order valence-corrected chi connectivity index (χ1v) is 4.93. The fraction of sp³-hybridized carbons (Fsp3) is 0.800. The van der Waals surface area contributed by atoms with Crippen LogP contribution in [0.25, 0.3) is 0 Å². The quantitative estimate of drug-likeness (QED) is 0.615. The highest BCUT2D eigenvalue weighted by Gasteiger charge is 2.41. The maximum Gasteiger partial charge on any atom is 0.410 e. The molecule has 0 spiro atoms. The molecule has 86 valence electrons. The summed E-state index contributed by atoms with van der Waals surface area (Å²) < 4.78 is 5.11. The average molecular weight is 214 g/mol. The minimum absolute atomic E-state index is 0.179. The number of hydrogen-bond donors (Lipinski definition) is 0. The topological polar surface area (TPSA) is 69.7 Å². The number of carboxylic acid groups (broad SMARTS) is 1. The molecule has 1 saturated heterocycles. The molecule has 0 saturated carbocycles. The SMILES string of the molecule is CC1C(C(=O)[O-])CN1C(=O)OC(C)(C)C. The summed E-state index contributed by atoms with van der Waals surface area (Å²) >= 11 is 0. The molecule has 0 aromatic heterocycles. The minimum Gasteiger partial charge on any atom is -0.550 e. The molecule has 0 bridgehead atoms. The Morgan fingerprint density at radius 1 is 1.40 bits per heavy atom. The van der Waals surface area contributed by atoms with Crippen LogP contribution in [-0.4, -0.2) is 35.2 Å². The maximum absolute atomic E-state index is 11.5. The van der Waals surface area contributed by atoms with E-state index in [1.54, 1.807) is 27.7 Å². The predicted molar refractivity (Wildman–Crippen MR) is 50.9 cm³/mol. The summed E-state index contributed by atoms with van der Waals surface area (Å²) in [6, 6.07) is -0.343. The van der Waals surface area contributed by atoms with Crippen molar-refractivity contribution >= 4 is 12.1 Å². The molecule has 2 unspecified atom stereocenters. The second-order valence-corrected chi connectivity index (χ2v) is 4.80. The van der Waals surface area contributed by atoms with E-state index in [1.165, 1.54) is 4.90 Å². The number of nitrogens with zero attached hydrogens (tertiary/aromatic N) is 1. The van der Waals surface area contributed by atoms with Gasteiger partial charge in [0.05, 0.1) is 0 Å². The summed E-state index contributed by atoms with van der Waals surface area (Å²) in [6.07, 6.45) is -0.465. The Kier molecular flexibility index (Phi) is 2.93. The fourth-order valence-corrected chi connectivity index (χ4v) is 1.44. The smallest absolute Gasteiger partial charge is 0.410 e. The molecule has 1 heterocycles. The normalized spacial score (nSPS) is 25.7. The van der Waals surface area contributed by atoms with Gasteiger partial charge in [-0.3, -0.25) is 0 Å². The van der Waals surface area contributed by atoms with Crippen molar-refractivity contribution in [2.45, 2.75) is 39.3 Å². The van der Waals surface area contributed by atoms with E-state index in [0.717, 1.165) is 0 Å². The van der Waals surface area contributed by atoms with Crippen molar-refractivity contribution in [1.29, 1.82) is 0 Å². The Labute approximate surface area is 89.0 Å². The minimum atomic E-state index is -1.11. The van der Waals surface area contributed by atoms with Crippen molar-refractivity contribution in [2.24, 2.45) is 5.92 Å². The lowest BCUT2D eigenvalue weighted by Gasteiger charge is -2.46. The van der Waals surface area contributed by atoms with Gasteiger partial charge in [0, 0.05) is 24.5 Å². The van der Waals surface area contributed by atoms with Crippen LogP contribution < -0.4 is 5.11 Å². The molecule has 1 aliphatic heterocycles. The van der Waals surface area contributed by atoms with Gasteiger partial charge < -0.3 is 19.5 Å². The average Bonchev–Trinajstić information content (AvgIpc) is 1.97. The Bertz CT molecular complexity index is 282. The van der Waals surface area contributed by atoms with Gasteiger partial charge in [0.1, 0.15) is 5.60 Å².